The number of benzene rings is 2. The fourth-order valence-corrected chi connectivity index (χ4v) is 1.64. The Morgan fingerprint density at radius 2 is 1.76 bits per heavy atom. The number of amides is 1. The first-order chi connectivity index (χ1) is 8.16. The molecule has 0 aliphatic rings. The van der Waals surface area contributed by atoms with Gasteiger partial charge in [0.25, 0.3) is 0 Å². The van der Waals surface area contributed by atoms with Gasteiger partial charge in [-0.2, -0.15) is 0 Å². The summed E-state index contributed by atoms with van der Waals surface area (Å²) in [7, 11) is 0. The first-order valence-corrected chi connectivity index (χ1v) is 5.33. The molecule has 2 aromatic carbocycles. The van der Waals surface area contributed by atoms with Gasteiger partial charge in [-0.1, -0.05) is 36.4 Å². The van der Waals surface area contributed by atoms with E-state index >= 15 is 0 Å². The highest BCUT2D eigenvalue weighted by Gasteiger charge is 2.05. The summed E-state index contributed by atoms with van der Waals surface area (Å²) >= 11 is 0. The van der Waals surface area contributed by atoms with Crippen LogP contribution in [0.3, 0.4) is 0 Å². The second-order valence-corrected chi connectivity index (χ2v) is 3.78. The van der Waals surface area contributed by atoms with Crippen LogP contribution in [0.25, 0.3) is 11.1 Å². The summed E-state index contributed by atoms with van der Waals surface area (Å²) in [5, 5.41) is 12.3. The Morgan fingerprint density at radius 3 is 2.35 bits per heavy atom. The van der Waals surface area contributed by atoms with Gasteiger partial charge in [0.1, 0.15) is 5.75 Å². The Morgan fingerprint density at radius 1 is 1.06 bits per heavy atom. The molecule has 0 atom stereocenters. The summed E-state index contributed by atoms with van der Waals surface area (Å²) in [6, 6.07) is 14.9. The minimum Gasteiger partial charge on any atom is -0.506 e. The lowest BCUT2D eigenvalue weighted by Gasteiger charge is -2.07. The van der Waals surface area contributed by atoms with Crippen molar-refractivity contribution in [1.82, 2.24) is 0 Å². The molecule has 3 nitrogen and oxygen atoms in total. The quantitative estimate of drug-likeness (QED) is 0.775. The van der Waals surface area contributed by atoms with Crippen molar-refractivity contribution >= 4 is 11.6 Å². The van der Waals surface area contributed by atoms with Crippen molar-refractivity contribution in [3.8, 4) is 16.9 Å². The number of hydrogen-bond donors (Lipinski definition) is 2. The van der Waals surface area contributed by atoms with E-state index in [4.69, 9.17) is 0 Å². The molecule has 0 unspecified atom stereocenters. The van der Waals surface area contributed by atoms with E-state index in [1.54, 1.807) is 12.1 Å². The number of carbonyl (C=O) groups is 1. The van der Waals surface area contributed by atoms with E-state index in [-0.39, 0.29) is 11.7 Å². The van der Waals surface area contributed by atoms with Crippen LogP contribution in [0.2, 0.25) is 0 Å². The van der Waals surface area contributed by atoms with Gasteiger partial charge in [0, 0.05) is 6.92 Å². The number of anilines is 1. The summed E-state index contributed by atoms with van der Waals surface area (Å²) in [6.45, 7) is 1.41. The molecular weight excluding hydrogens is 214 g/mol. The van der Waals surface area contributed by atoms with E-state index in [1.165, 1.54) is 6.92 Å². The third-order valence-corrected chi connectivity index (χ3v) is 2.42. The van der Waals surface area contributed by atoms with Crippen molar-refractivity contribution in [3.05, 3.63) is 48.5 Å². The van der Waals surface area contributed by atoms with Gasteiger partial charge in [0.05, 0.1) is 5.69 Å². The van der Waals surface area contributed by atoms with Crippen molar-refractivity contribution in [3.63, 3.8) is 0 Å². The number of hydrogen-bond acceptors (Lipinski definition) is 2. The van der Waals surface area contributed by atoms with Gasteiger partial charge in [-0.3, -0.25) is 4.79 Å². The van der Waals surface area contributed by atoms with Crippen LogP contribution in [0.4, 0.5) is 5.69 Å². The summed E-state index contributed by atoms with van der Waals surface area (Å²) in [5.74, 6) is -0.130. The Balaban J connectivity index is 2.34. The Labute approximate surface area is 99.7 Å². The standard InChI is InChI=1S/C14H13NO2/c1-10(16)15-13-8-7-12(9-14(13)17)11-5-3-2-4-6-11/h2-9,17H,1H3,(H,15,16). The monoisotopic (exact) mass is 227 g/mol. The highest BCUT2D eigenvalue weighted by atomic mass is 16.3. The summed E-state index contributed by atoms with van der Waals surface area (Å²) in [5.41, 5.74) is 2.37. The van der Waals surface area contributed by atoms with E-state index in [0.29, 0.717) is 5.69 Å². The molecule has 1 amide bonds. The maximum atomic E-state index is 10.9. The van der Waals surface area contributed by atoms with Gasteiger partial charge in [-0.25, -0.2) is 0 Å². The first kappa shape index (κ1) is 11.2. The van der Waals surface area contributed by atoms with Gasteiger partial charge in [-0.15, -0.1) is 0 Å². The highest BCUT2D eigenvalue weighted by molar-refractivity contribution is 5.90. The summed E-state index contributed by atoms with van der Waals surface area (Å²) < 4.78 is 0. The fourth-order valence-electron chi connectivity index (χ4n) is 1.64. The molecular formula is C14H13NO2. The third kappa shape index (κ3) is 2.64. The van der Waals surface area contributed by atoms with Crippen LogP contribution in [-0.4, -0.2) is 11.0 Å². The highest BCUT2D eigenvalue weighted by Crippen LogP contribution is 2.29. The van der Waals surface area contributed by atoms with Crippen LogP contribution in [0, 0.1) is 0 Å². The minimum atomic E-state index is -0.201. The smallest absolute Gasteiger partial charge is 0.221 e. The van der Waals surface area contributed by atoms with Gasteiger partial charge < -0.3 is 10.4 Å². The lowest BCUT2D eigenvalue weighted by molar-refractivity contribution is -0.114. The zero-order valence-electron chi connectivity index (χ0n) is 9.47. The van der Waals surface area contributed by atoms with Crippen LogP contribution in [0.5, 0.6) is 5.75 Å². The summed E-state index contributed by atoms with van der Waals surface area (Å²) in [6.07, 6.45) is 0. The molecule has 0 heterocycles. The molecule has 0 saturated carbocycles. The number of phenolic OH excluding ortho intramolecular Hbond substituents is 1. The predicted octanol–water partition coefficient (Wildman–Crippen LogP) is 3.02. The fraction of sp³-hybridized carbons (Fsp3) is 0.0714. The second-order valence-electron chi connectivity index (χ2n) is 3.78. The normalized spacial score (nSPS) is 9.94. The Bertz CT molecular complexity index is 535. The van der Waals surface area contributed by atoms with Crippen LogP contribution < -0.4 is 5.32 Å². The molecule has 0 fully saturated rings. The Kier molecular flexibility index (Phi) is 3.10. The van der Waals surface area contributed by atoms with Crippen LogP contribution in [0.1, 0.15) is 6.92 Å². The largest absolute Gasteiger partial charge is 0.506 e. The van der Waals surface area contributed by atoms with E-state index in [0.717, 1.165) is 11.1 Å². The first-order valence-electron chi connectivity index (χ1n) is 5.33. The van der Waals surface area contributed by atoms with Gasteiger partial charge in [0.2, 0.25) is 5.91 Å². The molecule has 17 heavy (non-hydrogen) atoms. The van der Waals surface area contributed by atoms with Crippen molar-refractivity contribution in [1.29, 1.82) is 0 Å². The van der Waals surface area contributed by atoms with Crippen molar-refractivity contribution < 1.29 is 9.90 Å². The predicted molar refractivity (Wildman–Crippen MR) is 67.8 cm³/mol. The molecule has 86 valence electrons. The Hall–Kier alpha value is -2.29. The van der Waals surface area contributed by atoms with Crippen LogP contribution in [-0.2, 0) is 4.79 Å². The van der Waals surface area contributed by atoms with Crippen molar-refractivity contribution in [2.75, 3.05) is 5.32 Å². The molecule has 2 N–H and O–H groups in total. The molecule has 2 aromatic rings. The second kappa shape index (κ2) is 4.70. The average molecular weight is 227 g/mol. The van der Waals surface area contributed by atoms with E-state index in [9.17, 15) is 9.90 Å². The van der Waals surface area contributed by atoms with Gasteiger partial charge >= 0.3 is 0 Å². The molecule has 0 spiro atoms. The molecule has 0 radical (unpaired) electrons. The topological polar surface area (TPSA) is 49.3 Å². The molecule has 0 aliphatic carbocycles. The van der Waals surface area contributed by atoms with E-state index in [1.807, 2.05) is 36.4 Å². The molecule has 0 aromatic heterocycles. The molecule has 2 rings (SSSR count). The SMILES string of the molecule is CC(=O)Nc1ccc(-c2ccccc2)cc1O. The van der Waals surface area contributed by atoms with E-state index < -0.39 is 0 Å². The van der Waals surface area contributed by atoms with Crippen LogP contribution >= 0.6 is 0 Å². The molecule has 0 saturated heterocycles. The lowest BCUT2D eigenvalue weighted by Crippen LogP contribution is -2.05. The number of phenols is 1. The third-order valence-electron chi connectivity index (χ3n) is 2.42. The number of carbonyl (C=O) groups excluding carboxylic acids is 1. The molecule has 0 bridgehead atoms. The number of rotatable bonds is 2. The number of nitrogens with one attached hydrogen (secondary N) is 1. The van der Waals surface area contributed by atoms with Gasteiger partial charge in [-0.05, 0) is 23.3 Å². The van der Waals surface area contributed by atoms with E-state index in [2.05, 4.69) is 5.32 Å². The maximum absolute atomic E-state index is 10.9. The maximum Gasteiger partial charge on any atom is 0.221 e. The van der Waals surface area contributed by atoms with Crippen molar-refractivity contribution in [2.45, 2.75) is 6.92 Å². The van der Waals surface area contributed by atoms with Gasteiger partial charge in [0.15, 0.2) is 0 Å². The van der Waals surface area contributed by atoms with Crippen molar-refractivity contribution in [2.24, 2.45) is 0 Å². The zero-order valence-corrected chi connectivity index (χ0v) is 9.47. The zero-order chi connectivity index (χ0) is 12.3. The minimum absolute atomic E-state index is 0.0709. The summed E-state index contributed by atoms with van der Waals surface area (Å²) in [4.78, 5) is 10.9. The number of aromatic hydroxyl groups is 1. The average Bonchev–Trinajstić information content (AvgIpc) is 2.32. The van der Waals surface area contributed by atoms with Crippen LogP contribution in [0.15, 0.2) is 48.5 Å². The molecule has 3 heteroatoms. The molecule has 0 aliphatic heterocycles. The lowest BCUT2D eigenvalue weighted by atomic mass is 10.1.